The van der Waals surface area contributed by atoms with Gasteiger partial charge in [0.25, 0.3) is 0 Å². The number of nitrogens with two attached hydrogens (primary N) is 2. The van der Waals surface area contributed by atoms with Gasteiger partial charge in [-0.15, -0.1) is 0 Å². The lowest BCUT2D eigenvalue weighted by Crippen LogP contribution is -2.57. The molecule has 10 nitrogen and oxygen atoms in total. The summed E-state index contributed by atoms with van der Waals surface area (Å²) < 4.78 is 0. The zero-order chi connectivity index (χ0) is 27.2. The number of rotatable bonds is 15. The van der Waals surface area contributed by atoms with E-state index in [1.807, 2.05) is 12.1 Å². The third kappa shape index (κ3) is 10.4. The SMILES string of the molecule is CC(NC(=O)C(N)CCCCN)C(=O)NC(Cc1ccccc1)C(=O)NC(Cc1ccccc1)C(=O)O. The van der Waals surface area contributed by atoms with Crippen LogP contribution in [0.2, 0.25) is 0 Å². The average molecular weight is 512 g/mol. The highest BCUT2D eigenvalue weighted by atomic mass is 16.4. The Morgan fingerprint density at radius 3 is 1.78 bits per heavy atom. The molecular weight excluding hydrogens is 474 g/mol. The van der Waals surface area contributed by atoms with Crippen LogP contribution in [-0.2, 0) is 32.0 Å². The molecule has 0 heterocycles. The van der Waals surface area contributed by atoms with Crippen molar-refractivity contribution in [3.63, 3.8) is 0 Å². The fraction of sp³-hybridized carbons (Fsp3) is 0.407. The van der Waals surface area contributed by atoms with Gasteiger partial charge in [-0.3, -0.25) is 14.4 Å². The first-order valence-electron chi connectivity index (χ1n) is 12.4. The van der Waals surface area contributed by atoms with Crippen LogP contribution in [0.1, 0.15) is 37.3 Å². The van der Waals surface area contributed by atoms with Crippen molar-refractivity contribution in [3.05, 3.63) is 71.8 Å². The van der Waals surface area contributed by atoms with E-state index in [0.29, 0.717) is 19.4 Å². The van der Waals surface area contributed by atoms with Crippen molar-refractivity contribution >= 4 is 23.7 Å². The molecule has 0 aliphatic heterocycles. The summed E-state index contributed by atoms with van der Waals surface area (Å²) in [5, 5.41) is 17.5. The van der Waals surface area contributed by atoms with Gasteiger partial charge in [-0.1, -0.05) is 67.1 Å². The Morgan fingerprint density at radius 2 is 1.27 bits per heavy atom. The maximum absolute atomic E-state index is 13.2. The van der Waals surface area contributed by atoms with Gasteiger partial charge in [0.05, 0.1) is 6.04 Å². The van der Waals surface area contributed by atoms with Gasteiger partial charge in [-0.25, -0.2) is 4.79 Å². The molecule has 4 atom stereocenters. The zero-order valence-electron chi connectivity index (χ0n) is 21.1. The van der Waals surface area contributed by atoms with Crippen LogP contribution in [-0.4, -0.2) is 59.5 Å². The van der Waals surface area contributed by atoms with E-state index in [4.69, 9.17) is 11.5 Å². The molecule has 0 aromatic heterocycles. The Morgan fingerprint density at radius 1 is 0.757 bits per heavy atom. The normalized spacial score (nSPS) is 14.0. The van der Waals surface area contributed by atoms with Crippen molar-refractivity contribution in [2.24, 2.45) is 11.5 Å². The zero-order valence-corrected chi connectivity index (χ0v) is 21.1. The van der Waals surface area contributed by atoms with E-state index in [0.717, 1.165) is 17.5 Å². The number of carboxylic acids is 1. The van der Waals surface area contributed by atoms with E-state index in [1.54, 1.807) is 48.5 Å². The van der Waals surface area contributed by atoms with Crippen molar-refractivity contribution in [3.8, 4) is 0 Å². The smallest absolute Gasteiger partial charge is 0.326 e. The van der Waals surface area contributed by atoms with E-state index in [-0.39, 0.29) is 12.8 Å². The second kappa shape index (κ2) is 15.4. The molecule has 2 aromatic carbocycles. The van der Waals surface area contributed by atoms with E-state index < -0.39 is 47.9 Å². The standard InChI is InChI=1S/C27H37N5O5/c1-18(30-25(34)21(29)14-8-9-15-28)24(33)31-22(16-19-10-4-2-5-11-19)26(35)32-23(27(36)37)17-20-12-6-3-7-13-20/h2-7,10-13,18,21-23H,8-9,14-17,28-29H2,1H3,(H,30,34)(H,31,33)(H,32,35)(H,36,37). The number of carbonyl (C=O) groups excluding carboxylic acids is 3. The molecule has 37 heavy (non-hydrogen) atoms. The van der Waals surface area contributed by atoms with Crippen molar-refractivity contribution in [2.45, 2.75) is 63.2 Å². The molecule has 0 bridgehead atoms. The number of nitrogens with one attached hydrogen (secondary N) is 3. The van der Waals surface area contributed by atoms with Crippen LogP contribution in [0.4, 0.5) is 0 Å². The lowest BCUT2D eigenvalue weighted by molar-refractivity contribution is -0.142. The molecule has 2 aromatic rings. The number of benzene rings is 2. The molecule has 200 valence electrons. The van der Waals surface area contributed by atoms with E-state index in [9.17, 15) is 24.3 Å². The maximum Gasteiger partial charge on any atom is 0.326 e. The number of aliphatic carboxylic acids is 1. The first-order chi connectivity index (χ1) is 17.7. The van der Waals surface area contributed by atoms with Crippen LogP contribution >= 0.6 is 0 Å². The first-order valence-corrected chi connectivity index (χ1v) is 12.4. The van der Waals surface area contributed by atoms with Gasteiger partial charge in [0.1, 0.15) is 18.1 Å². The number of hydrogen-bond acceptors (Lipinski definition) is 6. The molecular formula is C27H37N5O5. The molecule has 0 aliphatic carbocycles. The summed E-state index contributed by atoms with van der Waals surface area (Å²) in [5.41, 5.74) is 12.9. The van der Waals surface area contributed by atoms with Crippen molar-refractivity contribution < 1.29 is 24.3 Å². The Balaban J connectivity index is 2.09. The molecule has 2 rings (SSSR count). The lowest BCUT2D eigenvalue weighted by atomic mass is 10.0. The van der Waals surface area contributed by atoms with Crippen molar-refractivity contribution in [1.82, 2.24) is 16.0 Å². The summed E-state index contributed by atoms with van der Waals surface area (Å²) in [7, 11) is 0. The van der Waals surface area contributed by atoms with Crippen LogP contribution in [0, 0.1) is 0 Å². The number of amides is 3. The Labute approximate surface area is 217 Å². The molecule has 3 amide bonds. The average Bonchev–Trinajstić information content (AvgIpc) is 2.88. The van der Waals surface area contributed by atoms with E-state index in [2.05, 4.69) is 16.0 Å². The van der Waals surface area contributed by atoms with E-state index >= 15 is 0 Å². The third-order valence-electron chi connectivity index (χ3n) is 5.87. The Bertz CT molecular complexity index is 1020. The topological polar surface area (TPSA) is 177 Å². The van der Waals surface area contributed by atoms with Crippen LogP contribution < -0.4 is 27.4 Å². The van der Waals surface area contributed by atoms with Gasteiger partial charge in [-0.2, -0.15) is 0 Å². The molecule has 0 saturated carbocycles. The van der Waals surface area contributed by atoms with Crippen LogP contribution in [0.5, 0.6) is 0 Å². The number of hydrogen-bond donors (Lipinski definition) is 6. The van der Waals surface area contributed by atoms with E-state index in [1.165, 1.54) is 6.92 Å². The summed E-state index contributed by atoms with van der Waals surface area (Å²) in [4.78, 5) is 50.3. The predicted octanol–water partition coefficient (Wildman–Crippen LogP) is 0.487. The summed E-state index contributed by atoms with van der Waals surface area (Å²) in [5.74, 6) is -2.89. The highest BCUT2D eigenvalue weighted by Crippen LogP contribution is 2.07. The Kier molecular flexibility index (Phi) is 12.2. The fourth-order valence-corrected chi connectivity index (χ4v) is 3.70. The quantitative estimate of drug-likeness (QED) is 0.188. The van der Waals surface area contributed by atoms with Gasteiger partial charge < -0.3 is 32.5 Å². The molecule has 0 aliphatic rings. The van der Waals surface area contributed by atoms with Crippen LogP contribution in [0.25, 0.3) is 0 Å². The summed E-state index contributed by atoms with van der Waals surface area (Å²) in [6, 6.07) is 14.0. The number of unbranched alkanes of at least 4 members (excludes halogenated alkanes) is 1. The largest absolute Gasteiger partial charge is 0.480 e. The molecule has 8 N–H and O–H groups in total. The van der Waals surface area contributed by atoms with Gasteiger partial charge >= 0.3 is 5.97 Å². The molecule has 0 fully saturated rings. The van der Waals surface area contributed by atoms with Gasteiger partial charge in [0.15, 0.2) is 0 Å². The minimum Gasteiger partial charge on any atom is -0.480 e. The van der Waals surface area contributed by atoms with Gasteiger partial charge in [0.2, 0.25) is 17.7 Å². The molecule has 4 unspecified atom stereocenters. The van der Waals surface area contributed by atoms with Crippen LogP contribution in [0.3, 0.4) is 0 Å². The fourth-order valence-electron chi connectivity index (χ4n) is 3.70. The summed E-state index contributed by atoms with van der Waals surface area (Å²) >= 11 is 0. The number of carbonyl (C=O) groups is 4. The first kappa shape index (κ1) is 29.5. The maximum atomic E-state index is 13.2. The lowest BCUT2D eigenvalue weighted by Gasteiger charge is -2.24. The molecule has 0 radical (unpaired) electrons. The van der Waals surface area contributed by atoms with Gasteiger partial charge in [-0.05, 0) is 37.4 Å². The highest BCUT2D eigenvalue weighted by Gasteiger charge is 2.29. The minimum absolute atomic E-state index is 0.0857. The minimum atomic E-state index is -1.19. The second-order valence-corrected chi connectivity index (χ2v) is 8.96. The molecule has 0 saturated heterocycles. The third-order valence-corrected chi connectivity index (χ3v) is 5.87. The highest BCUT2D eigenvalue weighted by molar-refractivity contribution is 5.94. The van der Waals surface area contributed by atoms with Crippen molar-refractivity contribution in [2.75, 3.05) is 6.54 Å². The van der Waals surface area contributed by atoms with Gasteiger partial charge in [0, 0.05) is 12.8 Å². The summed E-state index contributed by atoms with van der Waals surface area (Å²) in [6.07, 6.45) is 2.10. The van der Waals surface area contributed by atoms with Crippen molar-refractivity contribution in [1.29, 1.82) is 0 Å². The Hall–Kier alpha value is -3.76. The molecule has 0 spiro atoms. The number of carboxylic acid groups (broad SMARTS) is 1. The monoisotopic (exact) mass is 511 g/mol. The predicted molar refractivity (Wildman–Crippen MR) is 140 cm³/mol. The van der Waals surface area contributed by atoms with Crippen LogP contribution in [0.15, 0.2) is 60.7 Å². The molecule has 10 heteroatoms. The summed E-state index contributed by atoms with van der Waals surface area (Å²) in [6.45, 7) is 2.00. The second-order valence-electron chi connectivity index (χ2n) is 8.96.